The summed E-state index contributed by atoms with van der Waals surface area (Å²) < 4.78 is 27.7. The van der Waals surface area contributed by atoms with Crippen LogP contribution < -0.4 is 4.72 Å². The number of nitrogens with one attached hydrogen (secondary N) is 2. The summed E-state index contributed by atoms with van der Waals surface area (Å²) in [6.07, 6.45) is 1.52. The molecule has 8 heteroatoms. The first-order valence-electron chi connectivity index (χ1n) is 7.14. The third-order valence-electron chi connectivity index (χ3n) is 3.81. The van der Waals surface area contributed by atoms with E-state index in [1.807, 2.05) is 6.92 Å². The van der Waals surface area contributed by atoms with E-state index in [1.54, 1.807) is 18.2 Å². The minimum atomic E-state index is -3.98. The highest BCUT2D eigenvalue weighted by atomic mass is 32.2. The highest BCUT2D eigenvalue weighted by Crippen LogP contribution is 2.30. The van der Waals surface area contributed by atoms with Gasteiger partial charge in [-0.15, -0.1) is 0 Å². The molecule has 25 heavy (non-hydrogen) atoms. The Kier molecular flexibility index (Phi) is 3.84. The minimum absolute atomic E-state index is 0.136. The number of hydrogen-bond acceptors (Lipinski definition) is 5. The molecule has 1 aromatic heterocycles. The standard InChI is InChI=1S/C17H12N4O3S/c1-10-2-4-14(17-16(10)12(8-19)9-20-17)21-25(23,24)13-3-5-15(22)11(6-13)7-18/h2-6,9,20-22H,1H3. The molecule has 0 bridgehead atoms. The summed E-state index contributed by atoms with van der Waals surface area (Å²) in [5.74, 6) is -0.290. The SMILES string of the molecule is Cc1ccc(NS(=O)(=O)c2ccc(O)c(C#N)c2)c2[nH]cc(C#N)c12. The van der Waals surface area contributed by atoms with Crippen LogP contribution in [0.1, 0.15) is 16.7 Å². The lowest BCUT2D eigenvalue weighted by Crippen LogP contribution is -2.13. The fourth-order valence-corrected chi connectivity index (χ4v) is 3.67. The molecule has 1 heterocycles. The molecule has 0 radical (unpaired) electrons. The Hall–Kier alpha value is -3.49. The molecule has 0 aliphatic rings. The predicted molar refractivity (Wildman–Crippen MR) is 91.4 cm³/mol. The summed E-state index contributed by atoms with van der Waals surface area (Å²) in [6.45, 7) is 1.83. The first-order valence-corrected chi connectivity index (χ1v) is 8.62. The Morgan fingerprint density at radius 2 is 1.84 bits per heavy atom. The van der Waals surface area contributed by atoms with E-state index in [4.69, 9.17) is 5.26 Å². The first-order chi connectivity index (χ1) is 11.9. The van der Waals surface area contributed by atoms with Crippen LogP contribution in [0, 0.1) is 29.6 Å². The van der Waals surface area contributed by atoms with E-state index in [9.17, 15) is 18.8 Å². The van der Waals surface area contributed by atoms with Crippen LogP contribution >= 0.6 is 0 Å². The number of aromatic nitrogens is 1. The molecule has 0 saturated heterocycles. The maximum Gasteiger partial charge on any atom is 0.262 e. The number of anilines is 1. The summed E-state index contributed by atoms with van der Waals surface area (Å²) in [5, 5.41) is 28.3. The molecule has 0 fully saturated rings. The zero-order valence-electron chi connectivity index (χ0n) is 13.0. The van der Waals surface area contributed by atoms with E-state index in [0.29, 0.717) is 16.5 Å². The third kappa shape index (κ3) is 2.75. The fourth-order valence-electron chi connectivity index (χ4n) is 2.57. The van der Waals surface area contributed by atoms with E-state index < -0.39 is 10.0 Å². The van der Waals surface area contributed by atoms with E-state index in [2.05, 4.69) is 15.8 Å². The molecule has 3 rings (SSSR count). The van der Waals surface area contributed by atoms with Gasteiger partial charge in [-0.3, -0.25) is 4.72 Å². The van der Waals surface area contributed by atoms with Crippen LogP contribution in [0.3, 0.4) is 0 Å². The first kappa shape index (κ1) is 16.4. The number of aryl methyl sites for hydroxylation is 1. The van der Waals surface area contributed by atoms with Gasteiger partial charge in [0.2, 0.25) is 0 Å². The van der Waals surface area contributed by atoms with Gasteiger partial charge >= 0.3 is 0 Å². The van der Waals surface area contributed by atoms with Crippen molar-refractivity contribution in [1.29, 1.82) is 10.5 Å². The van der Waals surface area contributed by atoms with Crippen molar-refractivity contribution >= 4 is 26.6 Å². The van der Waals surface area contributed by atoms with Crippen LogP contribution in [0.25, 0.3) is 10.9 Å². The van der Waals surface area contributed by atoms with Gasteiger partial charge in [0.05, 0.1) is 27.2 Å². The van der Waals surface area contributed by atoms with Crippen LogP contribution in [0.4, 0.5) is 5.69 Å². The van der Waals surface area contributed by atoms with Gasteiger partial charge in [-0.05, 0) is 36.8 Å². The second-order valence-electron chi connectivity index (χ2n) is 5.39. The molecule has 0 amide bonds. The number of fused-ring (bicyclic) bond motifs is 1. The van der Waals surface area contributed by atoms with E-state index in [-0.39, 0.29) is 21.9 Å². The van der Waals surface area contributed by atoms with E-state index in [1.165, 1.54) is 12.3 Å². The molecular formula is C17H12N4O3S. The molecule has 0 spiro atoms. The lowest BCUT2D eigenvalue weighted by Gasteiger charge is -2.11. The maximum absolute atomic E-state index is 12.6. The number of benzene rings is 2. The molecular weight excluding hydrogens is 340 g/mol. The highest BCUT2D eigenvalue weighted by Gasteiger charge is 2.19. The number of nitrogens with zero attached hydrogens (tertiary/aromatic N) is 2. The van der Waals surface area contributed by atoms with Gasteiger partial charge < -0.3 is 10.1 Å². The second-order valence-corrected chi connectivity index (χ2v) is 7.07. The number of aromatic hydroxyl groups is 1. The van der Waals surface area contributed by atoms with Crippen LogP contribution in [-0.4, -0.2) is 18.5 Å². The second kappa shape index (κ2) is 5.86. The maximum atomic E-state index is 12.6. The molecule has 0 aliphatic carbocycles. The van der Waals surface area contributed by atoms with Crippen molar-refractivity contribution in [1.82, 2.24) is 4.98 Å². The number of sulfonamides is 1. The van der Waals surface area contributed by atoms with Gasteiger partial charge in [0, 0.05) is 11.6 Å². The summed E-state index contributed by atoms with van der Waals surface area (Å²) in [7, 11) is -3.98. The van der Waals surface area contributed by atoms with Crippen molar-refractivity contribution in [3.8, 4) is 17.9 Å². The number of phenols is 1. The Morgan fingerprint density at radius 3 is 2.52 bits per heavy atom. The van der Waals surface area contributed by atoms with Gasteiger partial charge in [-0.2, -0.15) is 10.5 Å². The van der Waals surface area contributed by atoms with Crippen molar-refractivity contribution in [3.63, 3.8) is 0 Å². The Morgan fingerprint density at radius 1 is 1.12 bits per heavy atom. The molecule has 3 aromatic rings. The van der Waals surface area contributed by atoms with Crippen LogP contribution in [-0.2, 0) is 10.0 Å². The van der Waals surface area contributed by atoms with Gasteiger partial charge in [0.25, 0.3) is 10.0 Å². The fraction of sp³-hybridized carbons (Fsp3) is 0.0588. The average Bonchev–Trinajstić information content (AvgIpc) is 3.03. The molecule has 124 valence electrons. The Bertz CT molecular complexity index is 1180. The zero-order valence-corrected chi connectivity index (χ0v) is 13.8. The number of H-pyrrole nitrogens is 1. The highest BCUT2D eigenvalue weighted by molar-refractivity contribution is 7.92. The van der Waals surface area contributed by atoms with Crippen molar-refractivity contribution in [2.45, 2.75) is 11.8 Å². The largest absolute Gasteiger partial charge is 0.507 e. The van der Waals surface area contributed by atoms with E-state index in [0.717, 1.165) is 17.7 Å². The normalized spacial score (nSPS) is 11.0. The van der Waals surface area contributed by atoms with Crippen molar-refractivity contribution in [3.05, 3.63) is 53.2 Å². The Balaban J connectivity index is 2.10. The van der Waals surface area contributed by atoms with Gasteiger partial charge in [-0.1, -0.05) is 6.07 Å². The van der Waals surface area contributed by atoms with E-state index >= 15 is 0 Å². The van der Waals surface area contributed by atoms with Crippen molar-refractivity contribution < 1.29 is 13.5 Å². The monoisotopic (exact) mass is 352 g/mol. The topological polar surface area (TPSA) is 130 Å². The number of aromatic amines is 1. The smallest absolute Gasteiger partial charge is 0.262 e. The number of phenolic OH excluding ortho intramolecular Hbond substituents is 1. The number of rotatable bonds is 3. The molecule has 0 unspecified atom stereocenters. The average molecular weight is 352 g/mol. The lowest BCUT2D eigenvalue weighted by molar-refractivity contribution is 0.473. The summed E-state index contributed by atoms with van der Waals surface area (Å²) in [5.41, 5.74) is 1.91. The van der Waals surface area contributed by atoms with Gasteiger partial charge in [-0.25, -0.2) is 8.42 Å². The van der Waals surface area contributed by atoms with Crippen molar-refractivity contribution in [2.24, 2.45) is 0 Å². The molecule has 0 aliphatic heterocycles. The molecule has 0 atom stereocenters. The summed E-state index contributed by atoms with van der Waals surface area (Å²) in [6, 6.07) is 10.6. The van der Waals surface area contributed by atoms with Crippen molar-refractivity contribution in [2.75, 3.05) is 4.72 Å². The van der Waals surface area contributed by atoms with Gasteiger partial charge in [0.15, 0.2) is 0 Å². The van der Waals surface area contributed by atoms with Crippen LogP contribution in [0.15, 0.2) is 41.4 Å². The number of nitriles is 2. The summed E-state index contributed by atoms with van der Waals surface area (Å²) >= 11 is 0. The number of hydrogen-bond donors (Lipinski definition) is 3. The Labute approximate surface area is 143 Å². The van der Waals surface area contributed by atoms with Gasteiger partial charge in [0.1, 0.15) is 17.9 Å². The molecule has 3 N–H and O–H groups in total. The summed E-state index contributed by atoms with van der Waals surface area (Å²) in [4.78, 5) is 2.76. The quantitative estimate of drug-likeness (QED) is 0.667. The van der Waals surface area contributed by atoms with Crippen LogP contribution in [0.2, 0.25) is 0 Å². The lowest BCUT2D eigenvalue weighted by atomic mass is 10.1. The third-order valence-corrected chi connectivity index (χ3v) is 5.17. The molecule has 7 nitrogen and oxygen atoms in total. The molecule has 2 aromatic carbocycles. The predicted octanol–water partition coefficient (Wildman–Crippen LogP) is 2.73. The minimum Gasteiger partial charge on any atom is -0.507 e. The van der Waals surface area contributed by atoms with Crippen LogP contribution in [0.5, 0.6) is 5.75 Å². The zero-order chi connectivity index (χ0) is 18.2. The molecule has 0 saturated carbocycles.